The minimum absolute atomic E-state index is 0.234. The van der Waals surface area contributed by atoms with Crippen LogP contribution in [0.2, 0.25) is 0 Å². The van der Waals surface area contributed by atoms with Crippen molar-refractivity contribution in [3.05, 3.63) is 42.0 Å². The molecule has 0 N–H and O–H groups in total. The lowest BCUT2D eigenvalue weighted by Gasteiger charge is -2.35. The zero-order valence-electron chi connectivity index (χ0n) is 16.3. The fraction of sp³-hybridized carbons (Fsp3) is 0.619. The maximum absolute atomic E-state index is 12.9. The Bertz CT molecular complexity index is 612. The van der Waals surface area contributed by atoms with Gasteiger partial charge in [-0.3, -0.25) is 4.18 Å². The Morgan fingerprint density at radius 1 is 0.960 bits per heavy atom. The third-order valence-corrected chi connectivity index (χ3v) is 5.78. The third-order valence-electron chi connectivity index (χ3n) is 4.39. The molecular formula is C21H34O3S. The molecule has 0 aliphatic heterocycles. The summed E-state index contributed by atoms with van der Waals surface area (Å²) >= 11 is 0. The van der Waals surface area contributed by atoms with E-state index >= 15 is 0 Å². The minimum atomic E-state index is -3.79. The van der Waals surface area contributed by atoms with Gasteiger partial charge in [0.05, 0.1) is 4.90 Å². The minimum Gasteiger partial charge on any atom is -0.255 e. The van der Waals surface area contributed by atoms with Gasteiger partial charge in [0.1, 0.15) is 5.60 Å². The van der Waals surface area contributed by atoms with E-state index in [2.05, 4.69) is 33.8 Å². The van der Waals surface area contributed by atoms with Crippen molar-refractivity contribution in [2.24, 2.45) is 0 Å². The van der Waals surface area contributed by atoms with E-state index in [1.54, 1.807) is 24.3 Å². The highest BCUT2D eigenvalue weighted by atomic mass is 32.2. The standard InChI is InChI=1S/C21H34O3S/c1-5-9-14-19(13-6-2)21(17-7-3,18-8-4)24-25(22,23)20-15-11-10-12-16-20/h10-12,14-16H,5-9,13,17-18H2,1-4H3. The van der Waals surface area contributed by atoms with Crippen molar-refractivity contribution in [2.45, 2.75) is 89.6 Å². The summed E-state index contributed by atoms with van der Waals surface area (Å²) in [6.07, 6.45) is 9.31. The topological polar surface area (TPSA) is 43.4 Å². The number of allylic oxidation sites excluding steroid dienone is 1. The van der Waals surface area contributed by atoms with Gasteiger partial charge in [-0.25, -0.2) is 0 Å². The second-order valence-corrected chi connectivity index (χ2v) is 8.16. The second kappa shape index (κ2) is 10.8. The van der Waals surface area contributed by atoms with E-state index in [4.69, 9.17) is 4.18 Å². The molecule has 1 aromatic rings. The molecule has 4 heteroatoms. The number of unbranched alkanes of at least 4 members (excludes halogenated alkanes) is 1. The number of rotatable bonds is 12. The molecule has 3 nitrogen and oxygen atoms in total. The highest BCUT2D eigenvalue weighted by molar-refractivity contribution is 7.86. The Morgan fingerprint density at radius 2 is 1.56 bits per heavy atom. The molecule has 0 unspecified atom stereocenters. The summed E-state index contributed by atoms with van der Waals surface area (Å²) < 4.78 is 31.9. The van der Waals surface area contributed by atoms with Crippen LogP contribution in [0.5, 0.6) is 0 Å². The molecule has 0 saturated carbocycles. The van der Waals surface area contributed by atoms with Crippen LogP contribution in [0.25, 0.3) is 0 Å². The first-order valence-corrected chi connectivity index (χ1v) is 11.1. The van der Waals surface area contributed by atoms with E-state index in [1.165, 1.54) is 0 Å². The first-order chi connectivity index (χ1) is 12.0. The Labute approximate surface area is 154 Å². The fourth-order valence-electron chi connectivity index (χ4n) is 3.34. The quantitative estimate of drug-likeness (QED) is 0.324. The molecule has 0 atom stereocenters. The fourth-order valence-corrected chi connectivity index (χ4v) is 4.62. The average Bonchev–Trinajstić information content (AvgIpc) is 2.59. The van der Waals surface area contributed by atoms with Gasteiger partial charge in [0.2, 0.25) is 0 Å². The van der Waals surface area contributed by atoms with Gasteiger partial charge in [-0.2, -0.15) is 8.42 Å². The molecule has 0 aliphatic carbocycles. The van der Waals surface area contributed by atoms with Crippen molar-refractivity contribution in [3.63, 3.8) is 0 Å². The molecule has 0 radical (unpaired) electrons. The van der Waals surface area contributed by atoms with E-state index in [9.17, 15) is 8.42 Å². The molecule has 0 aromatic heterocycles. The zero-order valence-corrected chi connectivity index (χ0v) is 17.1. The van der Waals surface area contributed by atoms with E-state index in [0.29, 0.717) is 0 Å². The molecule has 0 amide bonds. The molecule has 1 rings (SSSR count). The number of benzene rings is 1. The Kier molecular flexibility index (Phi) is 9.44. The van der Waals surface area contributed by atoms with Crippen molar-refractivity contribution >= 4 is 10.1 Å². The summed E-state index contributed by atoms with van der Waals surface area (Å²) in [4.78, 5) is 0.234. The summed E-state index contributed by atoms with van der Waals surface area (Å²) in [6.45, 7) is 8.45. The number of hydrogen-bond acceptors (Lipinski definition) is 3. The van der Waals surface area contributed by atoms with E-state index in [-0.39, 0.29) is 4.90 Å². The van der Waals surface area contributed by atoms with Crippen LogP contribution in [0.3, 0.4) is 0 Å². The molecule has 0 heterocycles. The normalized spacial score (nSPS) is 13.2. The molecule has 0 aliphatic rings. The first-order valence-electron chi connectivity index (χ1n) is 9.65. The predicted octanol–water partition coefficient (Wildman–Crippen LogP) is 6.26. The van der Waals surface area contributed by atoms with Gasteiger partial charge >= 0.3 is 0 Å². The molecule has 0 spiro atoms. The summed E-state index contributed by atoms with van der Waals surface area (Å²) in [6, 6.07) is 8.49. The lowest BCUT2D eigenvalue weighted by molar-refractivity contribution is 0.0892. The summed E-state index contributed by atoms with van der Waals surface area (Å²) in [7, 11) is -3.79. The Hall–Kier alpha value is -1.13. The van der Waals surface area contributed by atoms with Crippen molar-refractivity contribution in [2.75, 3.05) is 0 Å². The van der Waals surface area contributed by atoms with Crippen molar-refractivity contribution < 1.29 is 12.6 Å². The van der Waals surface area contributed by atoms with Crippen LogP contribution in [-0.4, -0.2) is 14.0 Å². The molecule has 0 fully saturated rings. The molecule has 142 valence electrons. The first kappa shape index (κ1) is 21.9. The molecule has 0 bridgehead atoms. The average molecular weight is 367 g/mol. The smallest absolute Gasteiger partial charge is 0.255 e. The van der Waals surface area contributed by atoms with Crippen LogP contribution in [0.1, 0.15) is 79.1 Å². The summed E-state index contributed by atoms with van der Waals surface area (Å²) in [5, 5.41) is 0. The van der Waals surface area contributed by atoms with Gasteiger partial charge in [0, 0.05) is 0 Å². The van der Waals surface area contributed by atoms with Gasteiger partial charge in [0.15, 0.2) is 0 Å². The molecule has 25 heavy (non-hydrogen) atoms. The van der Waals surface area contributed by atoms with Crippen molar-refractivity contribution in [1.82, 2.24) is 0 Å². The van der Waals surface area contributed by atoms with Gasteiger partial charge in [0.25, 0.3) is 10.1 Å². The van der Waals surface area contributed by atoms with Crippen molar-refractivity contribution in [1.29, 1.82) is 0 Å². The van der Waals surface area contributed by atoms with E-state index in [0.717, 1.165) is 56.9 Å². The Balaban J connectivity index is 3.34. The lowest BCUT2D eigenvalue weighted by Crippen LogP contribution is -2.37. The number of hydrogen-bond donors (Lipinski definition) is 0. The van der Waals surface area contributed by atoms with Crippen LogP contribution in [0.15, 0.2) is 46.9 Å². The maximum atomic E-state index is 12.9. The monoisotopic (exact) mass is 366 g/mol. The van der Waals surface area contributed by atoms with Crippen molar-refractivity contribution in [3.8, 4) is 0 Å². The predicted molar refractivity (Wildman–Crippen MR) is 105 cm³/mol. The van der Waals surface area contributed by atoms with Crippen LogP contribution in [0, 0.1) is 0 Å². The van der Waals surface area contributed by atoms with Crippen LogP contribution >= 0.6 is 0 Å². The SMILES string of the molecule is CCCC=C(CCC)C(CCC)(CCC)OS(=O)(=O)c1ccccc1. The Morgan fingerprint density at radius 3 is 2.04 bits per heavy atom. The van der Waals surface area contributed by atoms with Gasteiger partial charge in [-0.05, 0) is 43.4 Å². The summed E-state index contributed by atoms with van der Waals surface area (Å²) in [5.41, 5.74) is 0.434. The van der Waals surface area contributed by atoms with Gasteiger partial charge in [-0.1, -0.05) is 77.7 Å². The van der Waals surface area contributed by atoms with Crippen LogP contribution in [-0.2, 0) is 14.3 Å². The second-order valence-electron chi connectivity index (χ2n) is 6.61. The van der Waals surface area contributed by atoms with Crippen LogP contribution in [0.4, 0.5) is 0 Å². The van der Waals surface area contributed by atoms with E-state index < -0.39 is 15.7 Å². The van der Waals surface area contributed by atoms with Gasteiger partial charge < -0.3 is 0 Å². The maximum Gasteiger partial charge on any atom is 0.297 e. The third kappa shape index (κ3) is 6.27. The highest BCUT2D eigenvalue weighted by Gasteiger charge is 2.38. The van der Waals surface area contributed by atoms with Gasteiger partial charge in [-0.15, -0.1) is 0 Å². The lowest BCUT2D eigenvalue weighted by atomic mass is 9.82. The largest absolute Gasteiger partial charge is 0.297 e. The highest BCUT2D eigenvalue weighted by Crippen LogP contribution is 2.38. The molecule has 0 saturated heterocycles. The summed E-state index contributed by atoms with van der Waals surface area (Å²) in [5.74, 6) is 0. The van der Waals surface area contributed by atoms with E-state index in [1.807, 2.05) is 6.07 Å². The molecular weight excluding hydrogens is 332 g/mol. The molecule has 1 aromatic carbocycles. The zero-order chi connectivity index (χ0) is 18.8. The van der Waals surface area contributed by atoms with Crippen LogP contribution < -0.4 is 0 Å².